The lowest BCUT2D eigenvalue weighted by Crippen LogP contribution is -2.54. The molecule has 0 spiro atoms. The van der Waals surface area contributed by atoms with Crippen LogP contribution in [0.2, 0.25) is 5.02 Å². The number of anilines is 1. The van der Waals surface area contributed by atoms with Gasteiger partial charge in [-0.25, -0.2) is 0 Å². The van der Waals surface area contributed by atoms with E-state index in [9.17, 15) is 9.59 Å². The largest absolute Gasteiger partial charge is 0.316 e. The lowest BCUT2D eigenvalue weighted by molar-refractivity contribution is -0.122. The lowest BCUT2D eigenvalue weighted by Gasteiger charge is -2.29. The molecule has 1 fully saturated rings. The Kier molecular flexibility index (Phi) is 5.24. The van der Waals surface area contributed by atoms with Crippen molar-refractivity contribution in [3.05, 3.63) is 82.4 Å². The molecule has 8 heteroatoms. The number of nitrogens with one attached hydrogen (secondary N) is 1. The van der Waals surface area contributed by atoms with Crippen LogP contribution in [0.25, 0.3) is 11.8 Å². The van der Waals surface area contributed by atoms with Crippen LogP contribution in [0, 0.1) is 13.8 Å². The first-order valence-electron chi connectivity index (χ1n) is 9.13. The standard InChI is InChI=1S/C22H17ClN4O2S/c1-13-9-15(14(2)26(13)18-7-4-8-24-12-18)10-19-20(28)25-22(30)27(21(19)29)17-6-3-5-16(23)11-17/h3-12H,1-2H3,(H,25,28,30). The van der Waals surface area contributed by atoms with Crippen LogP contribution >= 0.6 is 23.8 Å². The average molecular weight is 437 g/mol. The Bertz CT molecular complexity index is 1220. The number of nitrogens with zero attached hydrogens (tertiary/aromatic N) is 3. The van der Waals surface area contributed by atoms with Gasteiger partial charge in [0, 0.05) is 22.6 Å². The maximum absolute atomic E-state index is 13.2. The summed E-state index contributed by atoms with van der Waals surface area (Å²) in [7, 11) is 0. The van der Waals surface area contributed by atoms with Crippen LogP contribution in [0.4, 0.5) is 5.69 Å². The predicted octanol–water partition coefficient (Wildman–Crippen LogP) is 3.97. The molecule has 0 radical (unpaired) electrons. The summed E-state index contributed by atoms with van der Waals surface area (Å²) >= 11 is 11.3. The minimum Gasteiger partial charge on any atom is -0.316 e. The zero-order chi connectivity index (χ0) is 21.4. The summed E-state index contributed by atoms with van der Waals surface area (Å²) in [6, 6.07) is 12.5. The third-order valence-corrected chi connectivity index (χ3v) is 5.36. The Hall–Kier alpha value is -3.29. The van der Waals surface area contributed by atoms with E-state index in [1.54, 1.807) is 42.7 Å². The van der Waals surface area contributed by atoms with Gasteiger partial charge in [0.1, 0.15) is 5.57 Å². The van der Waals surface area contributed by atoms with E-state index in [1.807, 2.05) is 36.6 Å². The molecule has 30 heavy (non-hydrogen) atoms. The molecule has 3 heterocycles. The summed E-state index contributed by atoms with van der Waals surface area (Å²) in [6.07, 6.45) is 5.06. The predicted molar refractivity (Wildman–Crippen MR) is 121 cm³/mol. The number of hydrogen-bond acceptors (Lipinski definition) is 4. The quantitative estimate of drug-likeness (QED) is 0.383. The Morgan fingerprint density at radius 3 is 2.57 bits per heavy atom. The number of carbonyl (C=O) groups excluding carboxylic acids is 2. The van der Waals surface area contributed by atoms with Gasteiger partial charge in [-0.2, -0.15) is 0 Å². The van der Waals surface area contributed by atoms with Gasteiger partial charge >= 0.3 is 0 Å². The summed E-state index contributed by atoms with van der Waals surface area (Å²) in [5.74, 6) is -1.04. The molecule has 1 N–H and O–H groups in total. The summed E-state index contributed by atoms with van der Waals surface area (Å²) in [6.45, 7) is 3.88. The number of carbonyl (C=O) groups is 2. The summed E-state index contributed by atoms with van der Waals surface area (Å²) in [5.41, 5.74) is 3.99. The van der Waals surface area contributed by atoms with Gasteiger partial charge in [0.05, 0.1) is 17.6 Å². The first kappa shape index (κ1) is 20.0. The molecule has 1 aliphatic heterocycles. The van der Waals surface area contributed by atoms with E-state index in [4.69, 9.17) is 23.8 Å². The molecule has 2 amide bonds. The van der Waals surface area contributed by atoms with Crippen molar-refractivity contribution in [3.63, 3.8) is 0 Å². The second-order valence-corrected chi connectivity index (χ2v) is 7.63. The fourth-order valence-electron chi connectivity index (χ4n) is 3.48. The van der Waals surface area contributed by atoms with Crippen LogP contribution in [-0.4, -0.2) is 26.5 Å². The van der Waals surface area contributed by atoms with Crippen molar-refractivity contribution in [2.75, 3.05) is 4.90 Å². The molecule has 0 bridgehead atoms. The van der Waals surface area contributed by atoms with E-state index in [0.717, 1.165) is 22.6 Å². The Morgan fingerprint density at radius 2 is 1.87 bits per heavy atom. The monoisotopic (exact) mass is 436 g/mol. The van der Waals surface area contributed by atoms with Gasteiger partial charge in [0.25, 0.3) is 11.8 Å². The molecule has 0 aliphatic carbocycles. The summed E-state index contributed by atoms with van der Waals surface area (Å²) in [5, 5.41) is 3.07. The fraction of sp³-hybridized carbons (Fsp3) is 0.0909. The van der Waals surface area contributed by atoms with Crippen molar-refractivity contribution in [1.82, 2.24) is 14.9 Å². The van der Waals surface area contributed by atoms with Crippen molar-refractivity contribution in [3.8, 4) is 5.69 Å². The van der Waals surface area contributed by atoms with Crippen LogP contribution in [-0.2, 0) is 9.59 Å². The molecule has 1 aromatic carbocycles. The minimum absolute atomic E-state index is 0.00462. The maximum Gasteiger partial charge on any atom is 0.270 e. The van der Waals surface area contributed by atoms with Gasteiger partial charge in [-0.1, -0.05) is 17.7 Å². The zero-order valence-corrected chi connectivity index (χ0v) is 17.8. The third-order valence-electron chi connectivity index (χ3n) is 4.84. The number of aromatic nitrogens is 2. The van der Waals surface area contributed by atoms with Crippen molar-refractivity contribution in [2.45, 2.75) is 13.8 Å². The number of hydrogen-bond donors (Lipinski definition) is 1. The molecule has 1 aliphatic rings. The highest BCUT2D eigenvalue weighted by Crippen LogP contribution is 2.27. The molecule has 1 saturated heterocycles. The smallest absolute Gasteiger partial charge is 0.270 e. The molecular formula is C22H17ClN4O2S. The third kappa shape index (κ3) is 3.53. The first-order chi connectivity index (χ1) is 14.4. The molecule has 3 aromatic rings. The van der Waals surface area contributed by atoms with E-state index in [0.29, 0.717) is 10.7 Å². The number of halogens is 1. The van der Waals surface area contributed by atoms with Crippen LogP contribution < -0.4 is 10.2 Å². The van der Waals surface area contributed by atoms with Crippen molar-refractivity contribution in [2.24, 2.45) is 0 Å². The highest BCUT2D eigenvalue weighted by molar-refractivity contribution is 7.80. The number of amides is 2. The van der Waals surface area contributed by atoms with E-state index in [-0.39, 0.29) is 10.7 Å². The highest BCUT2D eigenvalue weighted by atomic mass is 35.5. The van der Waals surface area contributed by atoms with Gasteiger partial charge in [0.15, 0.2) is 5.11 Å². The van der Waals surface area contributed by atoms with Crippen molar-refractivity contribution >= 4 is 52.5 Å². The number of pyridine rings is 1. The Balaban J connectivity index is 1.77. The molecule has 6 nitrogen and oxygen atoms in total. The maximum atomic E-state index is 13.2. The zero-order valence-electron chi connectivity index (χ0n) is 16.2. The number of aryl methyl sites for hydroxylation is 1. The number of benzene rings is 1. The lowest BCUT2D eigenvalue weighted by atomic mass is 10.1. The second kappa shape index (κ2) is 7.85. The van der Waals surface area contributed by atoms with Gasteiger partial charge in [0.2, 0.25) is 0 Å². The average Bonchev–Trinajstić information content (AvgIpc) is 2.99. The normalized spacial score (nSPS) is 15.6. The molecule has 150 valence electrons. The Labute approximate surface area is 183 Å². The van der Waals surface area contributed by atoms with Gasteiger partial charge in [-0.05, 0) is 74.1 Å². The van der Waals surface area contributed by atoms with E-state index >= 15 is 0 Å². The molecule has 2 aromatic heterocycles. The number of thiocarbonyl (C=S) groups is 1. The fourth-order valence-corrected chi connectivity index (χ4v) is 3.95. The van der Waals surface area contributed by atoms with Gasteiger partial charge < -0.3 is 4.57 Å². The van der Waals surface area contributed by atoms with Crippen LogP contribution in [0.5, 0.6) is 0 Å². The first-order valence-corrected chi connectivity index (χ1v) is 9.92. The van der Waals surface area contributed by atoms with E-state index < -0.39 is 11.8 Å². The van der Waals surface area contributed by atoms with Gasteiger partial charge in [-0.3, -0.25) is 24.8 Å². The highest BCUT2D eigenvalue weighted by Gasteiger charge is 2.34. The molecule has 0 atom stereocenters. The molecule has 0 saturated carbocycles. The van der Waals surface area contributed by atoms with Crippen molar-refractivity contribution in [1.29, 1.82) is 0 Å². The van der Waals surface area contributed by atoms with Crippen LogP contribution in [0.1, 0.15) is 17.0 Å². The van der Waals surface area contributed by atoms with E-state index in [2.05, 4.69) is 10.3 Å². The number of rotatable bonds is 3. The van der Waals surface area contributed by atoms with Gasteiger partial charge in [-0.15, -0.1) is 0 Å². The molecular weight excluding hydrogens is 420 g/mol. The summed E-state index contributed by atoms with van der Waals surface area (Å²) < 4.78 is 2.02. The second-order valence-electron chi connectivity index (χ2n) is 6.81. The minimum atomic E-state index is -0.533. The van der Waals surface area contributed by atoms with E-state index in [1.165, 1.54) is 4.90 Å². The Morgan fingerprint density at radius 1 is 1.10 bits per heavy atom. The molecule has 4 rings (SSSR count). The SMILES string of the molecule is Cc1cc(C=C2C(=O)NC(=S)N(c3cccc(Cl)c3)C2=O)c(C)n1-c1cccnc1. The summed E-state index contributed by atoms with van der Waals surface area (Å²) in [4.78, 5) is 31.2. The van der Waals surface area contributed by atoms with Crippen LogP contribution in [0.3, 0.4) is 0 Å². The van der Waals surface area contributed by atoms with Crippen LogP contribution in [0.15, 0.2) is 60.4 Å². The molecule has 0 unspecified atom stereocenters. The topological polar surface area (TPSA) is 67.2 Å². The van der Waals surface area contributed by atoms with Crippen molar-refractivity contribution < 1.29 is 9.59 Å².